The van der Waals surface area contributed by atoms with Gasteiger partial charge in [0.15, 0.2) is 0 Å². The van der Waals surface area contributed by atoms with Crippen LogP contribution in [0.1, 0.15) is 26.7 Å². The van der Waals surface area contributed by atoms with Gasteiger partial charge in [-0.3, -0.25) is 0 Å². The highest BCUT2D eigenvalue weighted by Gasteiger charge is 2.27. The molecule has 0 aromatic heterocycles. The molecule has 2 nitrogen and oxygen atoms in total. The van der Waals surface area contributed by atoms with Crippen molar-refractivity contribution < 1.29 is 0 Å². The van der Waals surface area contributed by atoms with Crippen molar-refractivity contribution in [1.29, 1.82) is 0 Å². The molecule has 1 fully saturated rings. The molecule has 2 N–H and O–H groups in total. The minimum absolute atomic E-state index is 0.368. The molecule has 0 aliphatic carbocycles. The van der Waals surface area contributed by atoms with Crippen molar-refractivity contribution in [2.75, 3.05) is 23.7 Å². The Kier molecular flexibility index (Phi) is 3.02. The second kappa shape index (κ2) is 4.17. The third kappa shape index (κ3) is 2.27. The molecule has 0 saturated carbocycles. The summed E-state index contributed by atoms with van der Waals surface area (Å²) in [5, 5.41) is 0.654. The van der Waals surface area contributed by atoms with Crippen LogP contribution in [0.3, 0.4) is 0 Å². The van der Waals surface area contributed by atoms with Crippen molar-refractivity contribution in [2.24, 2.45) is 5.41 Å². The summed E-state index contributed by atoms with van der Waals surface area (Å²) in [6.45, 7) is 6.74. The second-order valence-electron chi connectivity index (χ2n) is 5.36. The molecule has 0 atom stereocenters. The average Bonchev–Trinajstić information content (AvgIpc) is 2.20. The Morgan fingerprint density at radius 1 is 1.38 bits per heavy atom. The first-order chi connectivity index (χ1) is 7.49. The van der Waals surface area contributed by atoms with Crippen molar-refractivity contribution >= 4 is 23.0 Å². The van der Waals surface area contributed by atoms with Crippen molar-refractivity contribution in [3.05, 3.63) is 23.2 Å². The monoisotopic (exact) mass is 238 g/mol. The molecule has 1 aromatic carbocycles. The first-order valence-electron chi connectivity index (χ1n) is 5.78. The van der Waals surface area contributed by atoms with Crippen molar-refractivity contribution in [2.45, 2.75) is 26.7 Å². The molecule has 1 saturated heterocycles. The van der Waals surface area contributed by atoms with Crippen LogP contribution in [0.2, 0.25) is 5.02 Å². The fraction of sp³-hybridized carbons (Fsp3) is 0.538. The lowest BCUT2D eigenvalue weighted by Gasteiger charge is -2.40. The molecule has 1 heterocycles. The number of hydrogen-bond donors (Lipinski definition) is 1. The highest BCUT2D eigenvalue weighted by atomic mass is 35.5. The third-order valence-corrected chi connectivity index (χ3v) is 3.60. The summed E-state index contributed by atoms with van der Waals surface area (Å²) in [7, 11) is 0. The van der Waals surface area contributed by atoms with E-state index in [-0.39, 0.29) is 0 Å². The highest BCUT2D eigenvalue weighted by molar-refractivity contribution is 6.33. The van der Waals surface area contributed by atoms with Gasteiger partial charge in [-0.15, -0.1) is 0 Å². The lowest BCUT2D eigenvalue weighted by Crippen LogP contribution is -2.40. The van der Waals surface area contributed by atoms with Gasteiger partial charge in [0.25, 0.3) is 0 Å². The Balaban J connectivity index is 2.27. The minimum Gasteiger partial charge on any atom is -0.396 e. The van der Waals surface area contributed by atoms with Crippen molar-refractivity contribution in [3.63, 3.8) is 0 Å². The van der Waals surface area contributed by atoms with Gasteiger partial charge in [0.2, 0.25) is 0 Å². The summed E-state index contributed by atoms with van der Waals surface area (Å²) in [5.41, 5.74) is 8.19. The van der Waals surface area contributed by atoms with Crippen molar-refractivity contribution in [1.82, 2.24) is 0 Å². The molecule has 0 spiro atoms. The van der Waals surface area contributed by atoms with Gasteiger partial charge in [-0.1, -0.05) is 31.5 Å². The summed E-state index contributed by atoms with van der Waals surface area (Å²) in [6.07, 6.45) is 2.50. The summed E-state index contributed by atoms with van der Waals surface area (Å²) < 4.78 is 0. The van der Waals surface area contributed by atoms with E-state index in [9.17, 15) is 0 Å². The number of hydrogen-bond acceptors (Lipinski definition) is 2. The zero-order valence-electron chi connectivity index (χ0n) is 9.96. The number of piperidine rings is 1. The van der Waals surface area contributed by atoms with E-state index in [0.717, 1.165) is 18.8 Å². The Labute approximate surface area is 102 Å². The summed E-state index contributed by atoms with van der Waals surface area (Å²) in [5.74, 6) is 0. The third-order valence-electron chi connectivity index (χ3n) is 3.27. The van der Waals surface area contributed by atoms with E-state index in [4.69, 9.17) is 17.3 Å². The molecule has 1 aromatic rings. The van der Waals surface area contributed by atoms with Gasteiger partial charge in [0.05, 0.1) is 16.4 Å². The Morgan fingerprint density at radius 2 is 2.12 bits per heavy atom. The molecule has 1 aliphatic rings. The van der Waals surface area contributed by atoms with Gasteiger partial charge in [0, 0.05) is 13.1 Å². The van der Waals surface area contributed by atoms with Crippen LogP contribution in [-0.4, -0.2) is 13.1 Å². The maximum atomic E-state index is 6.05. The smallest absolute Gasteiger partial charge is 0.0741 e. The lowest BCUT2D eigenvalue weighted by molar-refractivity contribution is 0.293. The summed E-state index contributed by atoms with van der Waals surface area (Å²) >= 11 is 6.05. The normalized spacial score (nSPS) is 19.8. The number of rotatable bonds is 1. The largest absolute Gasteiger partial charge is 0.396 e. The maximum Gasteiger partial charge on any atom is 0.0741 e. The van der Waals surface area contributed by atoms with Crippen LogP contribution in [-0.2, 0) is 0 Å². The van der Waals surface area contributed by atoms with Crippen LogP contribution in [0, 0.1) is 5.41 Å². The van der Waals surface area contributed by atoms with E-state index in [1.165, 1.54) is 12.8 Å². The van der Waals surface area contributed by atoms with Crippen molar-refractivity contribution in [3.8, 4) is 0 Å². The number of halogens is 1. The van der Waals surface area contributed by atoms with E-state index in [0.29, 0.717) is 16.1 Å². The Bertz CT molecular complexity index is 388. The topological polar surface area (TPSA) is 29.3 Å². The van der Waals surface area contributed by atoms with Crippen LogP contribution in [0.15, 0.2) is 18.2 Å². The minimum atomic E-state index is 0.368. The average molecular weight is 239 g/mol. The number of para-hydroxylation sites is 1. The van der Waals surface area contributed by atoms with E-state index in [1.54, 1.807) is 0 Å². The van der Waals surface area contributed by atoms with Crippen LogP contribution < -0.4 is 10.6 Å². The Morgan fingerprint density at radius 3 is 2.81 bits per heavy atom. The van der Waals surface area contributed by atoms with Crippen LogP contribution in [0.5, 0.6) is 0 Å². The van der Waals surface area contributed by atoms with Crippen LogP contribution >= 0.6 is 11.6 Å². The molecule has 1 aliphatic heterocycles. The fourth-order valence-electron chi connectivity index (χ4n) is 2.43. The molecule has 3 heteroatoms. The van der Waals surface area contributed by atoms with Gasteiger partial charge in [-0.25, -0.2) is 0 Å². The van der Waals surface area contributed by atoms with Gasteiger partial charge >= 0.3 is 0 Å². The molecular weight excluding hydrogens is 220 g/mol. The zero-order chi connectivity index (χ0) is 11.8. The molecule has 88 valence electrons. The molecule has 0 unspecified atom stereocenters. The quantitative estimate of drug-likeness (QED) is 0.759. The van der Waals surface area contributed by atoms with E-state index in [2.05, 4.69) is 24.8 Å². The van der Waals surface area contributed by atoms with E-state index >= 15 is 0 Å². The summed E-state index contributed by atoms with van der Waals surface area (Å²) in [6, 6.07) is 5.87. The summed E-state index contributed by atoms with van der Waals surface area (Å²) in [4.78, 5) is 2.35. The second-order valence-corrected chi connectivity index (χ2v) is 5.77. The van der Waals surface area contributed by atoms with Crippen LogP contribution in [0.25, 0.3) is 0 Å². The zero-order valence-corrected chi connectivity index (χ0v) is 10.7. The maximum absolute atomic E-state index is 6.05. The molecule has 0 radical (unpaired) electrons. The van der Waals surface area contributed by atoms with E-state index in [1.807, 2.05) is 12.1 Å². The molecule has 0 bridgehead atoms. The predicted molar refractivity (Wildman–Crippen MR) is 71.1 cm³/mol. The molecule has 2 rings (SSSR count). The van der Waals surface area contributed by atoms with Crippen LogP contribution in [0.4, 0.5) is 11.4 Å². The SMILES string of the molecule is CC1(C)CCCN(c2cccc(Cl)c2N)C1. The van der Waals surface area contributed by atoms with Gasteiger partial charge in [0.1, 0.15) is 0 Å². The predicted octanol–water partition coefficient (Wildman–Crippen LogP) is 3.55. The highest BCUT2D eigenvalue weighted by Crippen LogP contribution is 2.36. The number of anilines is 2. The molecular formula is C13H19ClN2. The van der Waals surface area contributed by atoms with E-state index < -0.39 is 0 Å². The lowest BCUT2D eigenvalue weighted by atomic mass is 9.84. The van der Waals surface area contributed by atoms with Gasteiger partial charge in [-0.05, 0) is 30.4 Å². The first-order valence-corrected chi connectivity index (χ1v) is 6.16. The number of benzene rings is 1. The Hall–Kier alpha value is -0.890. The standard InChI is InChI=1S/C13H19ClN2/c1-13(2)7-4-8-16(9-13)11-6-3-5-10(14)12(11)15/h3,5-6H,4,7-9,15H2,1-2H3. The molecule has 16 heavy (non-hydrogen) atoms. The number of nitrogen functional groups attached to an aromatic ring is 1. The molecule has 0 amide bonds. The van der Waals surface area contributed by atoms with Gasteiger partial charge in [-0.2, -0.15) is 0 Å². The number of nitrogens with two attached hydrogens (primary N) is 1. The van der Waals surface area contributed by atoms with Gasteiger partial charge < -0.3 is 10.6 Å². The number of nitrogens with zero attached hydrogens (tertiary/aromatic N) is 1. The first kappa shape index (κ1) is 11.6. The fourth-order valence-corrected chi connectivity index (χ4v) is 2.60.